The molecule has 3 nitrogen and oxygen atoms in total. The predicted molar refractivity (Wildman–Crippen MR) is 112 cm³/mol. The SMILES string of the molecule is CCCCOCCCNCc1cc(Br)ccc1OCc1c(F)cccc1Cl. The van der Waals surface area contributed by atoms with Gasteiger partial charge in [0.05, 0.1) is 5.02 Å². The first-order chi connectivity index (χ1) is 13.1. The molecule has 148 valence electrons. The van der Waals surface area contributed by atoms with E-state index in [9.17, 15) is 4.39 Å². The Morgan fingerprint density at radius 1 is 1.15 bits per heavy atom. The van der Waals surface area contributed by atoms with Crippen LogP contribution in [0.1, 0.15) is 37.3 Å². The van der Waals surface area contributed by atoms with E-state index in [0.29, 0.717) is 22.9 Å². The second-order valence-corrected chi connectivity index (χ2v) is 7.56. The quantitative estimate of drug-likeness (QED) is 0.389. The van der Waals surface area contributed by atoms with Crippen molar-refractivity contribution in [3.05, 3.63) is 62.8 Å². The first-order valence-electron chi connectivity index (χ1n) is 9.24. The molecule has 0 heterocycles. The molecule has 0 aromatic heterocycles. The number of rotatable bonds is 12. The summed E-state index contributed by atoms with van der Waals surface area (Å²) in [6, 6.07) is 10.4. The van der Waals surface area contributed by atoms with E-state index in [2.05, 4.69) is 28.2 Å². The summed E-state index contributed by atoms with van der Waals surface area (Å²) in [4.78, 5) is 0. The van der Waals surface area contributed by atoms with Crippen molar-refractivity contribution in [2.75, 3.05) is 19.8 Å². The molecule has 0 unspecified atom stereocenters. The second kappa shape index (κ2) is 12.3. The lowest BCUT2D eigenvalue weighted by atomic mass is 10.2. The molecule has 2 aromatic carbocycles. The van der Waals surface area contributed by atoms with Crippen LogP contribution < -0.4 is 10.1 Å². The lowest BCUT2D eigenvalue weighted by Gasteiger charge is -2.14. The lowest BCUT2D eigenvalue weighted by Crippen LogP contribution is -2.17. The Hall–Kier alpha value is -1.14. The Labute approximate surface area is 174 Å². The van der Waals surface area contributed by atoms with E-state index in [4.69, 9.17) is 21.1 Å². The van der Waals surface area contributed by atoms with E-state index in [0.717, 1.165) is 49.1 Å². The molecule has 0 fully saturated rings. The van der Waals surface area contributed by atoms with Gasteiger partial charge in [-0.25, -0.2) is 4.39 Å². The first-order valence-corrected chi connectivity index (χ1v) is 10.4. The monoisotopic (exact) mass is 457 g/mol. The largest absolute Gasteiger partial charge is 0.488 e. The van der Waals surface area contributed by atoms with E-state index in [1.54, 1.807) is 12.1 Å². The summed E-state index contributed by atoms with van der Waals surface area (Å²) in [6.45, 7) is 5.36. The van der Waals surface area contributed by atoms with Crippen LogP contribution in [0.25, 0.3) is 0 Å². The predicted octanol–water partition coefficient (Wildman–Crippen LogP) is 6.12. The van der Waals surface area contributed by atoms with Gasteiger partial charge in [0.2, 0.25) is 0 Å². The highest BCUT2D eigenvalue weighted by molar-refractivity contribution is 9.10. The zero-order valence-corrected chi connectivity index (χ0v) is 17.9. The molecule has 0 atom stereocenters. The van der Waals surface area contributed by atoms with Crippen molar-refractivity contribution in [1.82, 2.24) is 5.32 Å². The molecular formula is C21H26BrClFNO2. The zero-order valence-electron chi connectivity index (χ0n) is 15.6. The van der Waals surface area contributed by atoms with Crippen LogP contribution in [-0.2, 0) is 17.9 Å². The van der Waals surface area contributed by atoms with Crippen molar-refractivity contribution in [3.8, 4) is 5.75 Å². The van der Waals surface area contributed by atoms with Crippen LogP contribution in [0.5, 0.6) is 5.75 Å². The summed E-state index contributed by atoms with van der Waals surface area (Å²) < 4.78 is 26.3. The Bertz CT molecular complexity index is 694. The zero-order chi connectivity index (χ0) is 19.5. The van der Waals surface area contributed by atoms with Crippen molar-refractivity contribution in [1.29, 1.82) is 0 Å². The van der Waals surface area contributed by atoms with E-state index in [-0.39, 0.29) is 12.4 Å². The highest BCUT2D eigenvalue weighted by atomic mass is 79.9. The van der Waals surface area contributed by atoms with Gasteiger partial charge in [-0.05, 0) is 49.7 Å². The maximum Gasteiger partial charge on any atom is 0.131 e. The summed E-state index contributed by atoms with van der Waals surface area (Å²) in [5.41, 5.74) is 1.37. The summed E-state index contributed by atoms with van der Waals surface area (Å²) in [6.07, 6.45) is 3.22. The Kier molecular flexibility index (Phi) is 10.1. The van der Waals surface area contributed by atoms with Crippen molar-refractivity contribution in [2.45, 2.75) is 39.3 Å². The van der Waals surface area contributed by atoms with E-state index < -0.39 is 0 Å². The third-order valence-electron chi connectivity index (χ3n) is 4.06. The van der Waals surface area contributed by atoms with Gasteiger partial charge < -0.3 is 14.8 Å². The fourth-order valence-electron chi connectivity index (χ4n) is 2.52. The third kappa shape index (κ3) is 7.78. The molecule has 0 saturated carbocycles. The molecule has 1 N–H and O–H groups in total. The van der Waals surface area contributed by atoms with Crippen LogP contribution >= 0.6 is 27.5 Å². The smallest absolute Gasteiger partial charge is 0.131 e. The van der Waals surface area contributed by atoms with E-state index in [1.165, 1.54) is 6.07 Å². The highest BCUT2D eigenvalue weighted by Gasteiger charge is 2.10. The molecule has 2 aromatic rings. The second-order valence-electron chi connectivity index (χ2n) is 6.24. The molecular weight excluding hydrogens is 433 g/mol. The van der Waals surface area contributed by atoms with Crippen molar-refractivity contribution in [3.63, 3.8) is 0 Å². The summed E-state index contributed by atoms with van der Waals surface area (Å²) >= 11 is 9.56. The molecule has 0 amide bonds. The van der Waals surface area contributed by atoms with Gasteiger partial charge >= 0.3 is 0 Å². The molecule has 2 rings (SSSR count). The van der Waals surface area contributed by atoms with Gasteiger partial charge in [0.25, 0.3) is 0 Å². The topological polar surface area (TPSA) is 30.5 Å². The van der Waals surface area contributed by atoms with E-state index >= 15 is 0 Å². The number of hydrogen-bond acceptors (Lipinski definition) is 3. The van der Waals surface area contributed by atoms with Crippen LogP contribution in [0.4, 0.5) is 4.39 Å². The van der Waals surface area contributed by atoms with Gasteiger partial charge in [0, 0.05) is 35.4 Å². The van der Waals surface area contributed by atoms with Gasteiger partial charge in [0.1, 0.15) is 18.2 Å². The van der Waals surface area contributed by atoms with Crippen LogP contribution in [0, 0.1) is 5.82 Å². The normalized spacial score (nSPS) is 11.0. The molecule has 0 saturated heterocycles. The fraction of sp³-hybridized carbons (Fsp3) is 0.429. The Morgan fingerprint density at radius 3 is 2.74 bits per heavy atom. The van der Waals surface area contributed by atoms with Gasteiger partial charge in [-0.2, -0.15) is 0 Å². The molecule has 0 radical (unpaired) electrons. The molecule has 0 spiro atoms. The average Bonchev–Trinajstić information content (AvgIpc) is 2.65. The van der Waals surface area contributed by atoms with Crippen LogP contribution in [0.3, 0.4) is 0 Å². The number of nitrogens with one attached hydrogen (secondary N) is 1. The summed E-state index contributed by atoms with van der Waals surface area (Å²) in [5, 5.41) is 3.77. The van der Waals surface area contributed by atoms with Gasteiger partial charge in [-0.3, -0.25) is 0 Å². The average molecular weight is 459 g/mol. The maximum atomic E-state index is 13.9. The van der Waals surface area contributed by atoms with Crippen LogP contribution in [0.2, 0.25) is 5.02 Å². The Balaban J connectivity index is 1.85. The minimum atomic E-state index is -0.359. The minimum absolute atomic E-state index is 0.0887. The summed E-state index contributed by atoms with van der Waals surface area (Å²) in [7, 11) is 0. The Morgan fingerprint density at radius 2 is 1.96 bits per heavy atom. The van der Waals surface area contributed by atoms with Crippen molar-refractivity contribution in [2.24, 2.45) is 0 Å². The van der Waals surface area contributed by atoms with Crippen molar-refractivity contribution >= 4 is 27.5 Å². The van der Waals surface area contributed by atoms with E-state index in [1.807, 2.05) is 18.2 Å². The summed E-state index contributed by atoms with van der Waals surface area (Å²) in [5.74, 6) is 0.353. The number of hydrogen-bond donors (Lipinski definition) is 1. The van der Waals surface area contributed by atoms with Gasteiger partial charge in [-0.1, -0.05) is 46.9 Å². The number of halogens is 3. The third-order valence-corrected chi connectivity index (χ3v) is 4.90. The molecule has 6 heteroatoms. The molecule has 0 aliphatic rings. The first kappa shape index (κ1) is 22.2. The van der Waals surface area contributed by atoms with Crippen LogP contribution in [-0.4, -0.2) is 19.8 Å². The molecule has 0 aliphatic carbocycles. The minimum Gasteiger partial charge on any atom is -0.488 e. The standard InChI is InChI=1S/C21H26BrClFNO2/c1-2-3-11-26-12-5-10-25-14-16-13-17(22)8-9-21(16)27-15-18-19(23)6-4-7-20(18)24/h4,6-9,13,25H,2-3,5,10-12,14-15H2,1H3. The molecule has 27 heavy (non-hydrogen) atoms. The number of ether oxygens (including phenoxy) is 2. The van der Waals surface area contributed by atoms with Crippen molar-refractivity contribution < 1.29 is 13.9 Å². The van der Waals surface area contributed by atoms with Crippen LogP contribution in [0.15, 0.2) is 40.9 Å². The number of unbranched alkanes of at least 4 members (excludes halogenated alkanes) is 1. The van der Waals surface area contributed by atoms with Gasteiger partial charge in [-0.15, -0.1) is 0 Å². The van der Waals surface area contributed by atoms with Gasteiger partial charge in [0.15, 0.2) is 0 Å². The lowest BCUT2D eigenvalue weighted by molar-refractivity contribution is 0.128. The molecule has 0 aliphatic heterocycles. The fourth-order valence-corrected chi connectivity index (χ4v) is 3.14. The highest BCUT2D eigenvalue weighted by Crippen LogP contribution is 2.26. The maximum absolute atomic E-state index is 13.9. The number of benzene rings is 2. The molecule has 0 bridgehead atoms.